The maximum absolute atomic E-state index is 13.3. The van der Waals surface area contributed by atoms with Crippen LogP contribution in [0.4, 0.5) is 4.39 Å². The standard InChI is InChI=1S/C18H28FN3O3.HI/c1-20-18(22-12-15-3-4-17(23)16(19)11-15)21-7-2-8-25-13-14-5-9-24-10-6-14;/h3-4,11,14,23H,2,5-10,12-13H2,1H3,(H2,20,21,22);1H. The van der Waals surface area contributed by atoms with E-state index in [0.717, 1.165) is 51.2 Å². The molecule has 0 radical (unpaired) electrons. The number of aliphatic imine (C=N–C) groups is 1. The van der Waals surface area contributed by atoms with Crippen molar-refractivity contribution in [1.29, 1.82) is 0 Å². The molecule has 8 heteroatoms. The molecule has 1 saturated heterocycles. The third kappa shape index (κ3) is 8.50. The van der Waals surface area contributed by atoms with Gasteiger partial charge >= 0.3 is 0 Å². The highest BCUT2D eigenvalue weighted by atomic mass is 127. The Hall–Kier alpha value is -1.13. The molecule has 6 nitrogen and oxygen atoms in total. The Kier molecular flexibility index (Phi) is 11.5. The van der Waals surface area contributed by atoms with Crippen molar-refractivity contribution in [2.75, 3.05) is 40.0 Å². The Morgan fingerprint density at radius 1 is 1.35 bits per heavy atom. The number of phenols is 1. The summed E-state index contributed by atoms with van der Waals surface area (Å²) in [6.45, 7) is 4.40. The summed E-state index contributed by atoms with van der Waals surface area (Å²) >= 11 is 0. The summed E-state index contributed by atoms with van der Waals surface area (Å²) in [5.74, 6) is 0.315. The molecule has 0 aliphatic carbocycles. The fourth-order valence-corrected chi connectivity index (χ4v) is 2.61. The van der Waals surface area contributed by atoms with Gasteiger partial charge in [0.15, 0.2) is 17.5 Å². The first-order valence-corrected chi connectivity index (χ1v) is 8.76. The van der Waals surface area contributed by atoms with Gasteiger partial charge in [-0.15, -0.1) is 24.0 Å². The van der Waals surface area contributed by atoms with Crippen molar-refractivity contribution in [2.45, 2.75) is 25.8 Å². The van der Waals surface area contributed by atoms with Crippen molar-refractivity contribution in [3.05, 3.63) is 29.6 Å². The zero-order chi connectivity index (χ0) is 17.9. The number of hydrogen-bond donors (Lipinski definition) is 3. The first-order chi connectivity index (χ1) is 12.2. The van der Waals surface area contributed by atoms with E-state index in [4.69, 9.17) is 9.47 Å². The lowest BCUT2D eigenvalue weighted by Crippen LogP contribution is -2.37. The van der Waals surface area contributed by atoms with Crippen LogP contribution in [0.25, 0.3) is 0 Å². The fourth-order valence-electron chi connectivity index (χ4n) is 2.61. The number of halogens is 2. The van der Waals surface area contributed by atoms with Gasteiger partial charge in [0.2, 0.25) is 0 Å². The number of rotatable bonds is 8. The molecule has 1 aliphatic heterocycles. The Labute approximate surface area is 171 Å². The fraction of sp³-hybridized carbons (Fsp3) is 0.611. The highest BCUT2D eigenvalue weighted by molar-refractivity contribution is 14.0. The van der Waals surface area contributed by atoms with Crippen LogP contribution in [0.2, 0.25) is 0 Å². The predicted octanol–water partition coefficient (Wildman–Crippen LogP) is 2.65. The summed E-state index contributed by atoms with van der Waals surface area (Å²) in [5, 5.41) is 15.5. The average Bonchev–Trinajstić information content (AvgIpc) is 2.64. The number of hydrogen-bond acceptors (Lipinski definition) is 4. The molecule has 0 saturated carbocycles. The van der Waals surface area contributed by atoms with Gasteiger partial charge in [-0.1, -0.05) is 6.07 Å². The number of benzene rings is 1. The second kappa shape index (κ2) is 13.1. The maximum atomic E-state index is 13.3. The molecule has 0 bridgehead atoms. The first kappa shape index (κ1) is 22.9. The molecule has 1 aromatic rings. The monoisotopic (exact) mass is 481 g/mol. The predicted molar refractivity (Wildman–Crippen MR) is 111 cm³/mol. The molecule has 1 heterocycles. The van der Waals surface area contributed by atoms with E-state index >= 15 is 0 Å². The van der Waals surface area contributed by atoms with Crippen molar-refractivity contribution < 1.29 is 19.0 Å². The largest absolute Gasteiger partial charge is 0.505 e. The van der Waals surface area contributed by atoms with Gasteiger partial charge in [0.25, 0.3) is 0 Å². The molecular weight excluding hydrogens is 452 g/mol. The minimum atomic E-state index is -0.621. The van der Waals surface area contributed by atoms with E-state index in [1.54, 1.807) is 13.1 Å². The zero-order valence-electron chi connectivity index (χ0n) is 15.2. The van der Waals surface area contributed by atoms with Gasteiger partial charge in [-0.2, -0.15) is 0 Å². The number of nitrogens with zero attached hydrogens (tertiary/aromatic N) is 1. The van der Waals surface area contributed by atoms with Gasteiger partial charge in [0.1, 0.15) is 0 Å². The molecule has 26 heavy (non-hydrogen) atoms. The van der Waals surface area contributed by atoms with Crippen LogP contribution in [-0.2, 0) is 16.0 Å². The molecule has 148 valence electrons. The summed E-state index contributed by atoms with van der Waals surface area (Å²) in [5.41, 5.74) is 0.734. The second-order valence-corrected chi connectivity index (χ2v) is 6.12. The molecule has 3 N–H and O–H groups in total. The summed E-state index contributed by atoms with van der Waals surface area (Å²) in [7, 11) is 1.69. The van der Waals surface area contributed by atoms with E-state index in [1.165, 1.54) is 12.1 Å². The molecule has 0 aromatic heterocycles. The van der Waals surface area contributed by atoms with Gasteiger partial charge in [0, 0.05) is 46.6 Å². The molecular formula is C18H29FIN3O3. The van der Waals surface area contributed by atoms with E-state index in [0.29, 0.717) is 25.0 Å². The van der Waals surface area contributed by atoms with E-state index in [9.17, 15) is 9.50 Å². The molecule has 0 spiro atoms. The van der Waals surface area contributed by atoms with Crippen molar-refractivity contribution in [3.63, 3.8) is 0 Å². The Morgan fingerprint density at radius 3 is 2.81 bits per heavy atom. The van der Waals surface area contributed by atoms with Crippen LogP contribution in [0.5, 0.6) is 5.75 Å². The lowest BCUT2D eigenvalue weighted by atomic mass is 10.0. The molecule has 1 aliphatic rings. The molecule has 1 fully saturated rings. The third-order valence-electron chi connectivity index (χ3n) is 4.15. The summed E-state index contributed by atoms with van der Waals surface area (Å²) in [6, 6.07) is 4.32. The number of phenolic OH excluding ortho intramolecular Hbond substituents is 1. The van der Waals surface area contributed by atoms with E-state index in [1.807, 2.05) is 0 Å². The number of nitrogens with one attached hydrogen (secondary N) is 2. The number of guanidine groups is 1. The quantitative estimate of drug-likeness (QED) is 0.231. The lowest BCUT2D eigenvalue weighted by Gasteiger charge is -2.21. The Morgan fingerprint density at radius 2 is 2.12 bits per heavy atom. The van der Waals surface area contributed by atoms with Crippen molar-refractivity contribution in [2.24, 2.45) is 10.9 Å². The topological polar surface area (TPSA) is 75.1 Å². The normalized spacial score (nSPS) is 15.4. The lowest BCUT2D eigenvalue weighted by molar-refractivity contribution is 0.0203. The van der Waals surface area contributed by atoms with E-state index in [2.05, 4.69) is 15.6 Å². The van der Waals surface area contributed by atoms with Crippen LogP contribution in [0.15, 0.2) is 23.2 Å². The molecule has 2 rings (SSSR count). The van der Waals surface area contributed by atoms with Crippen LogP contribution in [-0.4, -0.2) is 51.1 Å². The first-order valence-electron chi connectivity index (χ1n) is 8.76. The zero-order valence-corrected chi connectivity index (χ0v) is 17.5. The smallest absolute Gasteiger partial charge is 0.191 e. The summed E-state index contributed by atoms with van der Waals surface area (Å²) < 4.78 is 24.3. The van der Waals surface area contributed by atoms with Crippen LogP contribution < -0.4 is 10.6 Å². The number of ether oxygens (including phenoxy) is 2. The number of aromatic hydroxyl groups is 1. The third-order valence-corrected chi connectivity index (χ3v) is 4.15. The van der Waals surface area contributed by atoms with Crippen molar-refractivity contribution in [1.82, 2.24) is 10.6 Å². The van der Waals surface area contributed by atoms with Crippen LogP contribution in [0, 0.1) is 11.7 Å². The minimum absolute atomic E-state index is 0. The summed E-state index contributed by atoms with van der Waals surface area (Å²) in [6.07, 6.45) is 3.07. The Bertz CT molecular complexity index is 554. The average molecular weight is 481 g/mol. The van der Waals surface area contributed by atoms with Gasteiger partial charge in [-0.25, -0.2) is 4.39 Å². The van der Waals surface area contributed by atoms with Crippen LogP contribution >= 0.6 is 24.0 Å². The van der Waals surface area contributed by atoms with Gasteiger partial charge in [-0.3, -0.25) is 4.99 Å². The molecule has 1 aromatic carbocycles. The minimum Gasteiger partial charge on any atom is -0.505 e. The van der Waals surface area contributed by atoms with Gasteiger partial charge in [0.05, 0.1) is 0 Å². The van der Waals surface area contributed by atoms with Crippen molar-refractivity contribution >= 4 is 29.9 Å². The second-order valence-electron chi connectivity index (χ2n) is 6.12. The maximum Gasteiger partial charge on any atom is 0.191 e. The molecule has 0 unspecified atom stereocenters. The molecule has 0 amide bonds. The summed E-state index contributed by atoms with van der Waals surface area (Å²) in [4.78, 5) is 4.13. The van der Waals surface area contributed by atoms with Gasteiger partial charge < -0.3 is 25.2 Å². The Balaban J connectivity index is 0.00000338. The molecule has 0 atom stereocenters. The van der Waals surface area contributed by atoms with Crippen LogP contribution in [0.1, 0.15) is 24.8 Å². The van der Waals surface area contributed by atoms with Gasteiger partial charge in [-0.05, 0) is 42.9 Å². The highest BCUT2D eigenvalue weighted by Crippen LogP contribution is 2.16. The van der Waals surface area contributed by atoms with E-state index < -0.39 is 5.82 Å². The van der Waals surface area contributed by atoms with E-state index in [-0.39, 0.29) is 29.7 Å². The van der Waals surface area contributed by atoms with Crippen molar-refractivity contribution in [3.8, 4) is 5.75 Å². The SMILES string of the molecule is CN=C(NCCCOCC1CCOCC1)NCc1ccc(O)c(F)c1.I. The highest BCUT2D eigenvalue weighted by Gasteiger charge is 2.13. The van der Waals surface area contributed by atoms with Crippen LogP contribution in [0.3, 0.4) is 0 Å².